The predicted molar refractivity (Wildman–Crippen MR) is 104 cm³/mol. The maximum Gasteiger partial charge on any atom is 0.228 e. The Morgan fingerprint density at radius 1 is 1.27 bits per heavy atom. The van der Waals surface area contributed by atoms with Crippen molar-refractivity contribution >= 4 is 35.0 Å². The lowest BCUT2D eigenvalue weighted by molar-refractivity contribution is -0.139. The zero-order chi connectivity index (χ0) is 18.7. The molecular weight excluding hydrogens is 371 g/mol. The second kappa shape index (κ2) is 8.62. The van der Waals surface area contributed by atoms with Crippen molar-refractivity contribution in [3.63, 3.8) is 0 Å². The molecule has 0 N–H and O–H groups in total. The topological polar surface area (TPSA) is 40.6 Å². The van der Waals surface area contributed by atoms with Crippen molar-refractivity contribution < 1.29 is 9.59 Å². The summed E-state index contributed by atoms with van der Waals surface area (Å²) in [4.78, 5) is 29.2. The van der Waals surface area contributed by atoms with Gasteiger partial charge in [0.05, 0.1) is 5.92 Å². The van der Waals surface area contributed by atoms with E-state index in [0.29, 0.717) is 42.0 Å². The van der Waals surface area contributed by atoms with Gasteiger partial charge in [-0.15, -0.1) is 0 Å². The van der Waals surface area contributed by atoms with Crippen LogP contribution in [0.25, 0.3) is 0 Å². The number of carbonyl (C=O) groups excluding carboxylic acids is 2. The van der Waals surface area contributed by atoms with Crippen molar-refractivity contribution in [2.24, 2.45) is 5.92 Å². The van der Waals surface area contributed by atoms with Crippen molar-refractivity contribution in [1.29, 1.82) is 0 Å². The van der Waals surface area contributed by atoms with E-state index in [9.17, 15) is 9.59 Å². The van der Waals surface area contributed by atoms with Crippen LogP contribution >= 0.6 is 23.2 Å². The molecule has 0 bridgehead atoms. The van der Waals surface area contributed by atoms with Gasteiger partial charge in [0.2, 0.25) is 11.8 Å². The number of rotatable bonds is 5. The minimum Gasteiger partial charge on any atom is -0.342 e. The SMILES string of the molecule is CCC1CCCCN1C(=O)C1CC(=O)N(CCc2ccc(Cl)cc2Cl)C1. The molecule has 2 saturated heterocycles. The predicted octanol–water partition coefficient (Wildman–Crippen LogP) is 4.18. The van der Waals surface area contributed by atoms with Crippen LogP contribution < -0.4 is 0 Å². The zero-order valence-electron chi connectivity index (χ0n) is 15.2. The Kier molecular flexibility index (Phi) is 6.46. The van der Waals surface area contributed by atoms with Gasteiger partial charge in [0.25, 0.3) is 0 Å². The van der Waals surface area contributed by atoms with Crippen molar-refractivity contribution in [3.05, 3.63) is 33.8 Å². The van der Waals surface area contributed by atoms with Crippen LogP contribution in [0, 0.1) is 5.92 Å². The summed E-state index contributed by atoms with van der Waals surface area (Å²) in [7, 11) is 0. The Morgan fingerprint density at radius 2 is 2.08 bits per heavy atom. The molecule has 142 valence electrons. The molecule has 2 heterocycles. The average molecular weight is 397 g/mol. The monoisotopic (exact) mass is 396 g/mol. The van der Waals surface area contributed by atoms with Gasteiger partial charge >= 0.3 is 0 Å². The summed E-state index contributed by atoms with van der Waals surface area (Å²) in [6, 6.07) is 5.76. The van der Waals surface area contributed by atoms with E-state index in [1.54, 1.807) is 11.0 Å². The molecule has 1 aromatic rings. The molecule has 2 amide bonds. The molecule has 26 heavy (non-hydrogen) atoms. The molecule has 2 aliphatic heterocycles. The van der Waals surface area contributed by atoms with Gasteiger partial charge in [-0.05, 0) is 49.8 Å². The van der Waals surface area contributed by atoms with Crippen LogP contribution in [0.15, 0.2) is 18.2 Å². The lowest BCUT2D eigenvalue weighted by Gasteiger charge is -2.36. The fourth-order valence-corrected chi connectivity index (χ4v) is 4.59. The Morgan fingerprint density at radius 3 is 2.81 bits per heavy atom. The van der Waals surface area contributed by atoms with Gasteiger partial charge in [-0.2, -0.15) is 0 Å². The fourth-order valence-electron chi connectivity index (χ4n) is 4.08. The molecule has 0 saturated carbocycles. The molecule has 0 aliphatic carbocycles. The quantitative estimate of drug-likeness (QED) is 0.748. The maximum atomic E-state index is 12.9. The maximum absolute atomic E-state index is 12.9. The molecule has 2 aliphatic rings. The van der Waals surface area contributed by atoms with Crippen LogP contribution in [0.5, 0.6) is 0 Å². The number of benzene rings is 1. The van der Waals surface area contributed by atoms with Gasteiger partial charge in [0.1, 0.15) is 0 Å². The Balaban J connectivity index is 1.58. The van der Waals surface area contributed by atoms with Gasteiger partial charge in [0.15, 0.2) is 0 Å². The first kappa shape index (κ1) is 19.5. The summed E-state index contributed by atoms with van der Waals surface area (Å²) in [5.41, 5.74) is 0.973. The molecule has 0 radical (unpaired) electrons. The van der Waals surface area contributed by atoms with E-state index in [2.05, 4.69) is 6.92 Å². The third-order valence-corrected chi connectivity index (χ3v) is 6.20. The second-order valence-corrected chi connectivity index (χ2v) is 8.16. The van der Waals surface area contributed by atoms with E-state index in [0.717, 1.165) is 31.4 Å². The molecule has 1 aromatic carbocycles. The molecule has 2 fully saturated rings. The lowest BCUT2D eigenvalue weighted by Crippen LogP contribution is -2.46. The first-order valence-corrected chi connectivity index (χ1v) is 10.3. The first-order valence-electron chi connectivity index (χ1n) is 9.51. The van der Waals surface area contributed by atoms with Crippen molar-refractivity contribution in [2.75, 3.05) is 19.6 Å². The summed E-state index contributed by atoms with van der Waals surface area (Å²) >= 11 is 12.1. The number of hydrogen-bond acceptors (Lipinski definition) is 2. The van der Waals surface area contributed by atoms with Crippen molar-refractivity contribution in [3.8, 4) is 0 Å². The Hall–Kier alpha value is -1.26. The summed E-state index contributed by atoms with van der Waals surface area (Å²) in [6.45, 7) is 4.08. The van der Waals surface area contributed by atoms with Crippen LogP contribution in [0.4, 0.5) is 0 Å². The van der Waals surface area contributed by atoms with Crippen LogP contribution in [-0.2, 0) is 16.0 Å². The van der Waals surface area contributed by atoms with Crippen molar-refractivity contribution in [1.82, 2.24) is 9.80 Å². The summed E-state index contributed by atoms with van der Waals surface area (Å²) in [5, 5.41) is 1.23. The highest BCUT2D eigenvalue weighted by atomic mass is 35.5. The summed E-state index contributed by atoms with van der Waals surface area (Å²) in [6.07, 6.45) is 5.35. The number of nitrogens with zero attached hydrogens (tertiary/aromatic N) is 2. The average Bonchev–Trinajstić information content (AvgIpc) is 3.01. The van der Waals surface area contributed by atoms with Crippen LogP contribution in [0.3, 0.4) is 0 Å². The lowest BCUT2D eigenvalue weighted by atomic mass is 9.97. The van der Waals surface area contributed by atoms with Gasteiger partial charge < -0.3 is 9.80 Å². The van der Waals surface area contributed by atoms with Crippen LogP contribution in [-0.4, -0.2) is 47.3 Å². The molecule has 0 spiro atoms. The normalized spacial score (nSPS) is 23.6. The third-order valence-electron chi connectivity index (χ3n) is 5.61. The smallest absolute Gasteiger partial charge is 0.228 e. The standard InChI is InChI=1S/C20H26Cl2N2O2/c1-2-17-5-3-4-9-24(17)20(26)15-11-19(25)23(13-15)10-8-14-6-7-16(21)12-18(14)22/h6-7,12,15,17H,2-5,8-11,13H2,1H3. The van der Waals surface area contributed by atoms with Gasteiger partial charge in [-0.25, -0.2) is 0 Å². The first-order chi connectivity index (χ1) is 12.5. The van der Waals surface area contributed by atoms with Gasteiger partial charge in [-0.3, -0.25) is 9.59 Å². The van der Waals surface area contributed by atoms with E-state index in [1.165, 1.54) is 6.42 Å². The van der Waals surface area contributed by atoms with E-state index >= 15 is 0 Å². The molecule has 0 aromatic heterocycles. The largest absolute Gasteiger partial charge is 0.342 e. The number of piperidine rings is 1. The van der Waals surface area contributed by atoms with E-state index < -0.39 is 0 Å². The summed E-state index contributed by atoms with van der Waals surface area (Å²) < 4.78 is 0. The summed E-state index contributed by atoms with van der Waals surface area (Å²) in [5.74, 6) is 0.0331. The molecule has 6 heteroatoms. The van der Waals surface area contributed by atoms with E-state index in [-0.39, 0.29) is 17.7 Å². The highest BCUT2D eigenvalue weighted by Crippen LogP contribution is 2.27. The minimum atomic E-state index is -0.199. The molecular formula is C20H26Cl2N2O2. The van der Waals surface area contributed by atoms with Gasteiger partial charge in [-0.1, -0.05) is 36.2 Å². The van der Waals surface area contributed by atoms with E-state index in [1.807, 2.05) is 17.0 Å². The minimum absolute atomic E-state index is 0.0680. The van der Waals surface area contributed by atoms with Gasteiger partial charge in [0, 0.05) is 42.1 Å². The third kappa shape index (κ3) is 4.34. The second-order valence-electron chi connectivity index (χ2n) is 7.32. The van der Waals surface area contributed by atoms with Crippen molar-refractivity contribution in [2.45, 2.75) is 51.5 Å². The number of carbonyl (C=O) groups is 2. The van der Waals surface area contributed by atoms with E-state index in [4.69, 9.17) is 23.2 Å². The molecule has 2 atom stereocenters. The Bertz CT molecular complexity index is 680. The fraction of sp³-hybridized carbons (Fsp3) is 0.600. The highest BCUT2D eigenvalue weighted by molar-refractivity contribution is 6.35. The number of amides is 2. The van der Waals surface area contributed by atoms with Crippen LogP contribution in [0.2, 0.25) is 10.0 Å². The molecule has 2 unspecified atom stereocenters. The highest BCUT2D eigenvalue weighted by Gasteiger charge is 2.38. The Labute approximate surface area is 165 Å². The molecule has 3 rings (SSSR count). The molecule has 4 nitrogen and oxygen atoms in total. The number of halogens is 2. The zero-order valence-corrected chi connectivity index (χ0v) is 16.7. The number of hydrogen-bond donors (Lipinski definition) is 0. The van der Waals surface area contributed by atoms with Crippen LogP contribution in [0.1, 0.15) is 44.6 Å². The number of likely N-dealkylation sites (tertiary alicyclic amines) is 2.